The number of benzene rings is 2. The quantitative estimate of drug-likeness (QED) is 0.616. The third kappa shape index (κ3) is 5.54. The van der Waals surface area contributed by atoms with Gasteiger partial charge in [-0.2, -0.15) is 0 Å². The molecule has 3 N–H and O–H groups in total. The maximum atomic E-state index is 12.9. The normalized spacial score (nSPS) is 12.6. The number of rotatable bonds is 9. The molecule has 8 heteroatoms. The summed E-state index contributed by atoms with van der Waals surface area (Å²) >= 11 is 0. The molecule has 0 aliphatic carbocycles. The van der Waals surface area contributed by atoms with E-state index in [9.17, 15) is 19.2 Å². The Morgan fingerprint density at radius 2 is 1.62 bits per heavy atom. The minimum atomic E-state index is -1.44. The molecule has 0 aliphatic rings. The molecule has 0 unspecified atom stereocenters. The summed E-state index contributed by atoms with van der Waals surface area (Å²) in [5, 5.41) is 4.00. The van der Waals surface area contributed by atoms with Crippen molar-refractivity contribution in [2.24, 2.45) is 11.7 Å². The molecular formula is C21H24N2O6. The van der Waals surface area contributed by atoms with Crippen molar-refractivity contribution in [2.75, 3.05) is 13.2 Å². The van der Waals surface area contributed by atoms with Crippen LogP contribution in [0.15, 0.2) is 42.5 Å². The maximum Gasteiger partial charge on any atom is 0.312 e. The van der Waals surface area contributed by atoms with Crippen molar-refractivity contribution >= 4 is 34.5 Å². The minimum absolute atomic E-state index is 0.0426. The summed E-state index contributed by atoms with van der Waals surface area (Å²) in [6.07, 6.45) is -0.448. The number of nitrogens with two attached hydrogens (primary N) is 1. The van der Waals surface area contributed by atoms with E-state index >= 15 is 0 Å². The monoisotopic (exact) mass is 400 g/mol. The number of carbonyl (C=O) groups is 4. The second kappa shape index (κ2) is 10.2. The van der Waals surface area contributed by atoms with E-state index in [1.54, 1.807) is 38.1 Å². The standard InChI is InChI=1S/C21H24N2O6/c1-3-28-17(24)12-16(21(27)29-4-2)18(19(22)25)23-20(26)15-11-7-9-13-8-5-6-10-14(13)15/h5-11,16,18H,3-4,12H2,1-2H3,(H2,22,25)(H,23,26)/t16-,18-/m0/s1. The molecule has 0 radical (unpaired) electrons. The average Bonchev–Trinajstić information content (AvgIpc) is 2.70. The summed E-state index contributed by atoms with van der Waals surface area (Å²) in [4.78, 5) is 49.2. The highest BCUT2D eigenvalue weighted by molar-refractivity contribution is 6.08. The van der Waals surface area contributed by atoms with Crippen LogP contribution in [0.2, 0.25) is 0 Å². The highest BCUT2D eigenvalue weighted by atomic mass is 16.5. The number of carbonyl (C=O) groups excluding carboxylic acids is 4. The second-order valence-electron chi connectivity index (χ2n) is 6.25. The van der Waals surface area contributed by atoms with Crippen LogP contribution >= 0.6 is 0 Å². The highest BCUT2D eigenvalue weighted by Gasteiger charge is 2.37. The van der Waals surface area contributed by atoms with Gasteiger partial charge in [-0.05, 0) is 30.7 Å². The Morgan fingerprint density at radius 1 is 0.966 bits per heavy atom. The number of ether oxygens (including phenoxy) is 2. The van der Waals surface area contributed by atoms with Gasteiger partial charge in [-0.1, -0.05) is 36.4 Å². The number of nitrogens with one attached hydrogen (secondary N) is 1. The maximum absolute atomic E-state index is 12.9. The van der Waals surface area contributed by atoms with Crippen LogP contribution in [0.5, 0.6) is 0 Å². The van der Waals surface area contributed by atoms with E-state index in [4.69, 9.17) is 15.2 Å². The van der Waals surface area contributed by atoms with Crippen LogP contribution < -0.4 is 11.1 Å². The van der Waals surface area contributed by atoms with Crippen molar-refractivity contribution in [3.05, 3.63) is 48.0 Å². The van der Waals surface area contributed by atoms with E-state index in [1.807, 2.05) is 18.2 Å². The third-order valence-electron chi connectivity index (χ3n) is 4.31. The number of hydrogen-bond donors (Lipinski definition) is 2. The van der Waals surface area contributed by atoms with E-state index < -0.39 is 42.1 Å². The van der Waals surface area contributed by atoms with Gasteiger partial charge in [0.25, 0.3) is 5.91 Å². The molecule has 0 aliphatic heterocycles. The van der Waals surface area contributed by atoms with Gasteiger partial charge in [0.1, 0.15) is 6.04 Å². The lowest BCUT2D eigenvalue weighted by atomic mass is 9.94. The molecule has 29 heavy (non-hydrogen) atoms. The predicted octanol–water partition coefficient (Wildman–Crippen LogP) is 1.56. The molecule has 154 valence electrons. The summed E-state index contributed by atoms with van der Waals surface area (Å²) in [5.74, 6) is -4.37. The van der Waals surface area contributed by atoms with Gasteiger partial charge in [0, 0.05) is 5.56 Å². The van der Waals surface area contributed by atoms with E-state index in [2.05, 4.69) is 5.32 Å². The fourth-order valence-electron chi connectivity index (χ4n) is 3.00. The molecule has 0 heterocycles. The van der Waals surface area contributed by atoms with Crippen molar-refractivity contribution in [3.8, 4) is 0 Å². The SMILES string of the molecule is CCOC(=O)C[C@H](C(=O)OCC)[C@H](NC(=O)c1cccc2ccccc12)C(N)=O. The van der Waals surface area contributed by atoms with Crippen LogP contribution in [0, 0.1) is 5.92 Å². The number of amides is 2. The minimum Gasteiger partial charge on any atom is -0.466 e. The molecule has 2 amide bonds. The topological polar surface area (TPSA) is 125 Å². The zero-order valence-electron chi connectivity index (χ0n) is 16.3. The van der Waals surface area contributed by atoms with E-state index in [-0.39, 0.29) is 13.2 Å². The predicted molar refractivity (Wildman–Crippen MR) is 106 cm³/mol. The summed E-state index contributed by atoms with van der Waals surface area (Å²) in [6.45, 7) is 3.36. The largest absolute Gasteiger partial charge is 0.466 e. The molecule has 2 atom stereocenters. The van der Waals surface area contributed by atoms with Crippen LogP contribution in [0.3, 0.4) is 0 Å². The lowest BCUT2D eigenvalue weighted by molar-refractivity contribution is -0.156. The lowest BCUT2D eigenvalue weighted by Gasteiger charge is -2.24. The van der Waals surface area contributed by atoms with Crippen LogP contribution in [0.1, 0.15) is 30.6 Å². The molecular weight excluding hydrogens is 376 g/mol. The van der Waals surface area contributed by atoms with E-state index in [0.29, 0.717) is 10.9 Å². The summed E-state index contributed by atoms with van der Waals surface area (Å²) in [5.41, 5.74) is 5.76. The molecule has 8 nitrogen and oxygen atoms in total. The first-order valence-corrected chi connectivity index (χ1v) is 9.29. The van der Waals surface area contributed by atoms with E-state index in [0.717, 1.165) is 5.39 Å². The molecule has 0 aromatic heterocycles. The molecule has 0 saturated carbocycles. The average molecular weight is 400 g/mol. The van der Waals surface area contributed by atoms with Gasteiger partial charge in [-0.3, -0.25) is 19.2 Å². The van der Waals surface area contributed by atoms with Crippen LogP contribution in [-0.4, -0.2) is 43.0 Å². The smallest absolute Gasteiger partial charge is 0.312 e. The molecule has 0 spiro atoms. The molecule has 2 aromatic carbocycles. The molecule has 0 bridgehead atoms. The van der Waals surface area contributed by atoms with Gasteiger partial charge < -0.3 is 20.5 Å². The first-order chi connectivity index (χ1) is 13.9. The molecule has 2 aromatic rings. The number of fused-ring (bicyclic) bond motifs is 1. The Bertz CT molecular complexity index is 906. The van der Waals surface area contributed by atoms with Crippen molar-refractivity contribution in [1.29, 1.82) is 0 Å². The van der Waals surface area contributed by atoms with Crippen molar-refractivity contribution < 1.29 is 28.7 Å². The fourth-order valence-corrected chi connectivity index (χ4v) is 3.00. The number of esters is 2. The Balaban J connectivity index is 2.33. The second-order valence-corrected chi connectivity index (χ2v) is 6.25. The zero-order valence-corrected chi connectivity index (χ0v) is 16.3. The van der Waals surface area contributed by atoms with Crippen LogP contribution in [-0.2, 0) is 23.9 Å². The summed E-state index contributed by atoms with van der Waals surface area (Å²) < 4.78 is 9.83. The highest BCUT2D eigenvalue weighted by Crippen LogP contribution is 2.20. The molecule has 0 saturated heterocycles. The Hall–Kier alpha value is -3.42. The van der Waals surface area contributed by atoms with Crippen LogP contribution in [0.4, 0.5) is 0 Å². The van der Waals surface area contributed by atoms with Crippen molar-refractivity contribution in [1.82, 2.24) is 5.32 Å². The van der Waals surface area contributed by atoms with Gasteiger partial charge in [0.05, 0.1) is 25.6 Å². The van der Waals surface area contributed by atoms with E-state index in [1.165, 1.54) is 0 Å². The van der Waals surface area contributed by atoms with Gasteiger partial charge in [0.2, 0.25) is 5.91 Å². The Morgan fingerprint density at radius 3 is 2.28 bits per heavy atom. The summed E-state index contributed by atoms with van der Waals surface area (Å²) in [6, 6.07) is 11.0. The number of primary amides is 1. The molecule has 0 fully saturated rings. The Kier molecular flexibility index (Phi) is 7.70. The molecule has 2 rings (SSSR count). The summed E-state index contributed by atoms with van der Waals surface area (Å²) in [7, 11) is 0. The lowest BCUT2D eigenvalue weighted by Crippen LogP contribution is -2.52. The fraction of sp³-hybridized carbons (Fsp3) is 0.333. The number of hydrogen-bond acceptors (Lipinski definition) is 6. The zero-order chi connectivity index (χ0) is 21.4. The third-order valence-corrected chi connectivity index (χ3v) is 4.31. The van der Waals surface area contributed by atoms with Gasteiger partial charge in [-0.25, -0.2) is 0 Å². The Labute approximate surface area is 168 Å². The van der Waals surface area contributed by atoms with Gasteiger partial charge in [-0.15, -0.1) is 0 Å². The van der Waals surface area contributed by atoms with Gasteiger partial charge >= 0.3 is 11.9 Å². The van der Waals surface area contributed by atoms with Crippen molar-refractivity contribution in [3.63, 3.8) is 0 Å². The van der Waals surface area contributed by atoms with Gasteiger partial charge in [0.15, 0.2) is 0 Å². The van der Waals surface area contributed by atoms with Crippen molar-refractivity contribution in [2.45, 2.75) is 26.3 Å². The van der Waals surface area contributed by atoms with Crippen LogP contribution in [0.25, 0.3) is 10.8 Å². The first kappa shape index (κ1) is 21.9. The first-order valence-electron chi connectivity index (χ1n) is 9.29.